The van der Waals surface area contributed by atoms with Crippen LogP contribution in [0.3, 0.4) is 0 Å². The third-order valence-electron chi connectivity index (χ3n) is 3.04. The maximum atomic E-state index is 5.69. The molecule has 1 heteroatoms. The monoisotopic (exact) mass is 208 g/mol. The van der Waals surface area contributed by atoms with Gasteiger partial charge in [-0.1, -0.05) is 44.4 Å². The highest BCUT2D eigenvalue weighted by molar-refractivity contribution is 5.13. The maximum Gasteiger partial charge on any atom is 0.0823 e. The molecule has 0 aromatic heterocycles. The van der Waals surface area contributed by atoms with E-state index in [1.807, 2.05) is 0 Å². The van der Waals surface area contributed by atoms with Gasteiger partial charge in [-0.05, 0) is 31.8 Å². The molecule has 0 aliphatic carbocycles. The van der Waals surface area contributed by atoms with Crippen LogP contribution in [0.25, 0.3) is 0 Å². The summed E-state index contributed by atoms with van der Waals surface area (Å²) in [5, 5.41) is 0. The molecule has 1 atom stereocenters. The Balaban J connectivity index is 2.19. The second-order valence-electron chi connectivity index (χ2n) is 4.55. The van der Waals surface area contributed by atoms with Crippen LogP contribution < -0.4 is 0 Å². The molecule has 0 saturated heterocycles. The molecule has 1 nitrogen and oxygen atoms in total. The summed E-state index contributed by atoms with van der Waals surface area (Å²) >= 11 is 0. The van der Waals surface area contributed by atoms with Crippen molar-refractivity contribution in [1.82, 2.24) is 0 Å². The standard InChI is InChI=1S/C14H24O/c1-4-5-6-7-8-13(3)14-11-12(2)9-10-15-14/h9,14H,3-8,10-11H2,1-2H3. The van der Waals surface area contributed by atoms with Gasteiger partial charge in [0.15, 0.2) is 0 Å². The third-order valence-corrected chi connectivity index (χ3v) is 3.04. The third kappa shape index (κ3) is 4.65. The first-order chi connectivity index (χ1) is 7.24. The predicted octanol–water partition coefficient (Wildman–Crippen LogP) is 4.25. The first-order valence-corrected chi connectivity index (χ1v) is 6.19. The van der Waals surface area contributed by atoms with Crippen molar-refractivity contribution in [2.45, 2.75) is 58.5 Å². The van der Waals surface area contributed by atoms with E-state index in [2.05, 4.69) is 26.5 Å². The van der Waals surface area contributed by atoms with E-state index in [4.69, 9.17) is 4.74 Å². The normalized spacial score (nSPS) is 21.2. The van der Waals surface area contributed by atoms with Crippen LogP contribution in [0.2, 0.25) is 0 Å². The second-order valence-corrected chi connectivity index (χ2v) is 4.55. The largest absolute Gasteiger partial charge is 0.369 e. The minimum atomic E-state index is 0.289. The van der Waals surface area contributed by atoms with Gasteiger partial charge in [0.05, 0.1) is 12.7 Å². The van der Waals surface area contributed by atoms with Crippen LogP contribution in [-0.2, 0) is 4.74 Å². The summed E-state index contributed by atoms with van der Waals surface area (Å²) in [7, 11) is 0. The molecule has 1 heterocycles. The van der Waals surface area contributed by atoms with Crippen molar-refractivity contribution in [2.24, 2.45) is 0 Å². The minimum Gasteiger partial charge on any atom is -0.369 e. The van der Waals surface area contributed by atoms with Crippen molar-refractivity contribution in [1.29, 1.82) is 0 Å². The SMILES string of the molecule is C=C(CCCCCC)C1CC(C)=CCO1. The molecule has 0 aromatic carbocycles. The van der Waals surface area contributed by atoms with Crippen LogP contribution in [-0.4, -0.2) is 12.7 Å². The van der Waals surface area contributed by atoms with Crippen LogP contribution in [0.5, 0.6) is 0 Å². The first-order valence-electron chi connectivity index (χ1n) is 6.19. The zero-order valence-electron chi connectivity index (χ0n) is 10.2. The molecule has 86 valence electrons. The molecule has 1 rings (SSSR count). The summed E-state index contributed by atoms with van der Waals surface area (Å²) in [5.41, 5.74) is 2.74. The Morgan fingerprint density at radius 1 is 1.47 bits per heavy atom. The average Bonchev–Trinajstić information content (AvgIpc) is 2.24. The molecule has 15 heavy (non-hydrogen) atoms. The Labute approximate surface area is 94.2 Å². The fourth-order valence-corrected chi connectivity index (χ4v) is 1.94. The van der Waals surface area contributed by atoms with Crippen molar-refractivity contribution < 1.29 is 4.74 Å². The molecule has 1 aliphatic rings. The van der Waals surface area contributed by atoms with Crippen molar-refractivity contribution in [3.63, 3.8) is 0 Å². The van der Waals surface area contributed by atoms with Crippen LogP contribution in [0, 0.1) is 0 Å². The molecule has 1 unspecified atom stereocenters. The van der Waals surface area contributed by atoms with Crippen molar-refractivity contribution >= 4 is 0 Å². The van der Waals surface area contributed by atoms with E-state index in [9.17, 15) is 0 Å². The van der Waals surface area contributed by atoms with E-state index in [1.54, 1.807) is 0 Å². The Hall–Kier alpha value is -0.560. The highest BCUT2D eigenvalue weighted by Gasteiger charge is 2.16. The van der Waals surface area contributed by atoms with Crippen LogP contribution in [0.15, 0.2) is 23.8 Å². The number of hydrogen-bond donors (Lipinski definition) is 0. The molecule has 1 aliphatic heterocycles. The maximum absolute atomic E-state index is 5.69. The van der Waals surface area contributed by atoms with Gasteiger partial charge in [-0.3, -0.25) is 0 Å². The Morgan fingerprint density at radius 3 is 2.93 bits per heavy atom. The van der Waals surface area contributed by atoms with Crippen molar-refractivity contribution in [3.05, 3.63) is 23.8 Å². The van der Waals surface area contributed by atoms with Gasteiger partial charge in [-0.25, -0.2) is 0 Å². The summed E-state index contributed by atoms with van der Waals surface area (Å²) < 4.78 is 5.69. The lowest BCUT2D eigenvalue weighted by Gasteiger charge is -2.24. The zero-order chi connectivity index (χ0) is 11.1. The van der Waals surface area contributed by atoms with Gasteiger partial charge in [0.1, 0.15) is 0 Å². The van der Waals surface area contributed by atoms with Gasteiger partial charge >= 0.3 is 0 Å². The lowest BCUT2D eigenvalue weighted by atomic mass is 9.97. The highest BCUT2D eigenvalue weighted by Crippen LogP contribution is 2.23. The smallest absolute Gasteiger partial charge is 0.0823 e. The van der Waals surface area contributed by atoms with Crippen LogP contribution >= 0.6 is 0 Å². The summed E-state index contributed by atoms with van der Waals surface area (Å²) in [4.78, 5) is 0. The molecular weight excluding hydrogens is 184 g/mol. The Bertz CT molecular complexity index is 227. The van der Waals surface area contributed by atoms with E-state index >= 15 is 0 Å². The molecule has 0 bridgehead atoms. The average molecular weight is 208 g/mol. The van der Waals surface area contributed by atoms with Gasteiger partial charge in [-0.2, -0.15) is 0 Å². The van der Waals surface area contributed by atoms with Gasteiger partial charge in [0.25, 0.3) is 0 Å². The number of rotatable bonds is 6. The van der Waals surface area contributed by atoms with Crippen LogP contribution in [0.1, 0.15) is 52.4 Å². The van der Waals surface area contributed by atoms with Gasteiger partial charge in [-0.15, -0.1) is 0 Å². The first kappa shape index (κ1) is 12.5. The van der Waals surface area contributed by atoms with Crippen LogP contribution in [0.4, 0.5) is 0 Å². The number of hydrogen-bond acceptors (Lipinski definition) is 1. The molecule has 0 amide bonds. The van der Waals surface area contributed by atoms with Gasteiger partial charge < -0.3 is 4.74 Å². The quantitative estimate of drug-likeness (QED) is 0.468. The van der Waals surface area contributed by atoms with Crippen molar-refractivity contribution in [3.8, 4) is 0 Å². The summed E-state index contributed by atoms with van der Waals surface area (Å²) in [6, 6.07) is 0. The van der Waals surface area contributed by atoms with E-state index in [-0.39, 0.29) is 6.10 Å². The topological polar surface area (TPSA) is 9.23 Å². The minimum absolute atomic E-state index is 0.289. The zero-order valence-corrected chi connectivity index (χ0v) is 10.2. The lowest BCUT2D eigenvalue weighted by Crippen LogP contribution is -2.19. The fraction of sp³-hybridized carbons (Fsp3) is 0.714. The molecule has 0 fully saturated rings. The highest BCUT2D eigenvalue weighted by atomic mass is 16.5. The molecule has 0 radical (unpaired) electrons. The summed E-state index contributed by atoms with van der Waals surface area (Å²) in [6.45, 7) is 9.35. The molecule has 0 N–H and O–H groups in total. The van der Waals surface area contributed by atoms with E-state index < -0.39 is 0 Å². The van der Waals surface area contributed by atoms with E-state index in [0.717, 1.165) is 19.4 Å². The molecular formula is C14H24O. The number of ether oxygens (including phenoxy) is 1. The summed E-state index contributed by atoms with van der Waals surface area (Å²) in [6.07, 6.45) is 9.89. The van der Waals surface area contributed by atoms with Gasteiger partial charge in [0, 0.05) is 0 Å². The number of unbranched alkanes of at least 4 members (excludes halogenated alkanes) is 3. The van der Waals surface area contributed by atoms with E-state index in [1.165, 1.54) is 36.8 Å². The van der Waals surface area contributed by atoms with E-state index in [0.29, 0.717) is 0 Å². The lowest BCUT2D eigenvalue weighted by molar-refractivity contribution is 0.0880. The fourth-order valence-electron chi connectivity index (χ4n) is 1.94. The molecule has 0 spiro atoms. The second kappa shape index (κ2) is 6.84. The predicted molar refractivity (Wildman–Crippen MR) is 66.0 cm³/mol. The van der Waals surface area contributed by atoms with Gasteiger partial charge in [0.2, 0.25) is 0 Å². The van der Waals surface area contributed by atoms with Crippen molar-refractivity contribution in [2.75, 3.05) is 6.61 Å². The molecule has 0 aromatic rings. The Kier molecular flexibility index (Phi) is 5.70. The Morgan fingerprint density at radius 2 is 2.27 bits per heavy atom. The summed E-state index contributed by atoms with van der Waals surface area (Å²) in [5.74, 6) is 0. The molecule has 0 saturated carbocycles.